The van der Waals surface area contributed by atoms with Crippen LogP contribution in [0.25, 0.3) is 0 Å². The maximum absolute atomic E-state index is 12.9. The maximum Gasteiger partial charge on any atom is 0.221 e. The van der Waals surface area contributed by atoms with Gasteiger partial charge >= 0.3 is 0 Å². The van der Waals surface area contributed by atoms with Crippen LogP contribution in [0.1, 0.15) is 12.0 Å². The normalized spacial score (nSPS) is 19.9. The zero-order valence-electron chi connectivity index (χ0n) is 8.59. The average molecular weight is 243 g/mol. The number of carbonyl (C=O) groups excluding carboxylic acids is 1. The molecule has 2 rings (SSSR count). The van der Waals surface area contributed by atoms with E-state index in [2.05, 4.69) is 10.6 Å². The highest BCUT2D eigenvalue weighted by Gasteiger charge is 2.20. The molecule has 1 heterocycles. The van der Waals surface area contributed by atoms with Crippen LogP contribution < -0.4 is 10.6 Å². The van der Waals surface area contributed by atoms with Gasteiger partial charge in [-0.2, -0.15) is 0 Å². The number of rotatable bonds is 3. The Balaban J connectivity index is 1.89. The lowest BCUT2D eigenvalue weighted by atomic mass is 10.2. The van der Waals surface area contributed by atoms with E-state index in [0.29, 0.717) is 19.5 Å². The van der Waals surface area contributed by atoms with Gasteiger partial charge in [-0.3, -0.25) is 4.79 Å². The Labute approximate surface area is 98.0 Å². The van der Waals surface area contributed by atoms with Gasteiger partial charge in [0.25, 0.3) is 0 Å². The third kappa shape index (κ3) is 2.71. The van der Waals surface area contributed by atoms with Crippen molar-refractivity contribution in [2.75, 3.05) is 6.54 Å². The Bertz CT molecular complexity index is 411. The summed E-state index contributed by atoms with van der Waals surface area (Å²) in [7, 11) is 0. The van der Waals surface area contributed by atoms with Gasteiger partial charge in [0, 0.05) is 25.6 Å². The van der Waals surface area contributed by atoms with Gasteiger partial charge in [-0.25, -0.2) is 4.39 Å². The van der Waals surface area contributed by atoms with Crippen molar-refractivity contribution in [1.29, 1.82) is 0 Å². The van der Waals surface area contributed by atoms with Crippen molar-refractivity contribution in [2.24, 2.45) is 0 Å². The molecule has 3 nitrogen and oxygen atoms in total. The van der Waals surface area contributed by atoms with Gasteiger partial charge in [0.1, 0.15) is 5.82 Å². The van der Waals surface area contributed by atoms with E-state index in [1.807, 2.05) is 0 Å². The first kappa shape index (κ1) is 11.4. The van der Waals surface area contributed by atoms with Crippen LogP contribution in [0, 0.1) is 5.82 Å². The summed E-state index contributed by atoms with van der Waals surface area (Å²) in [5.41, 5.74) is 0.908. The molecule has 1 aliphatic heterocycles. The zero-order valence-corrected chi connectivity index (χ0v) is 9.35. The Morgan fingerprint density at radius 2 is 2.38 bits per heavy atom. The van der Waals surface area contributed by atoms with Crippen LogP contribution >= 0.6 is 11.6 Å². The minimum absolute atomic E-state index is 0.0645. The van der Waals surface area contributed by atoms with Gasteiger partial charge in [0.05, 0.1) is 5.02 Å². The molecule has 16 heavy (non-hydrogen) atoms. The molecule has 0 aromatic heterocycles. The number of carbonyl (C=O) groups is 1. The first-order valence-corrected chi connectivity index (χ1v) is 5.47. The summed E-state index contributed by atoms with van der Waals surface area (Å²) in [5.74, 6) is -0.349. The van der Waals surface area contributed by atoms with Gasteiger partial charge in [-0.1, -0.05) is 17.7 Å². The van der Waals surface area contributed by atoms with Crippen LogP contribution in [0.5, 0.6) is 0 Å². The molecule has 1 aliphatic rings. The zero-order chi connectivity index (χ0) is 11.5. The second-order valence-corrected chi connectivity index (χ2v) is 4.24. The minimum Gasteiger partial charge on any atom is -0.354 e. The lowest BCUT2D eigenvalue weighted by molar-refractivity contribution is -0.119. The summed E-state index contributed by atoms with van der Waals surface area (Å²) in [5, 5.41) is 6.07. The molecule has 1 unspecified atom stereocenters. The first-order valence-electron chi connectivity index (χ1n) is 5.09. The lowest BCUT2D eigenvalue weighted by Gasteiger charge is -2.10. The molecule has 1 atom stereocenters. The van der Waals surface area contributed by atoms with Gasteiger partial charge in [0.2, 0.25) is 5.91 Å². The predicted octanol–water partition coefficient (Wildman–Crippen LogP) is 1.46. The van der Waals surface area contributed by atoms with E-state index in [0.717, 1.165) is 5.56 Å². The first-order chi connectivity index (χ1) is 7.65. The van der Waals surface area contributed by atoms with E-state index in [1.165, 1.54) is 6.07 Å². The Kier molecular flexibility index (Phi) is 3.41. The highest BCUT2D eigenvalue weighted by molar-refractivity contribution is 6.30. The number of hydrogen-bond donors (Lipinski definition) is 2. The number of benzene rings is 1. The van der Waals surface area contributed by atoms with Crippen molar-refractivity contribution in [3.05, 3.63) is 34.6 Å². The smallest absolute Gasteiger partial charge is 0.221 e. The summed E-state index contributed by atoms with van der Waals surface area (Å²) in [4.78, 5) is 10.9. The Hall–Kier alpha value is -1.13. The molecule has 0 radical (unpaired) electrons. The van der Waals surface area contributed by atoms with Gasteiger partial charge < -0.3 is 10.6 Å². The summed E-state index contributed by atoms with van der Waals surface area (Å²) in [6.45, 7) is 1.23. The van der Waals surface area contributed by atoms with E-state index in [-0.39, 0.29) is 17.0 Å². The van der Waals surface area contributed by atoms with Gasteiger partial charge in [-0.05, 0) is 17.7 Å². The molecule has 0 bridgehead atoms. The SMILES string of the molecule is O=C1CC(NCc2ccc(F)c(Cl)c2)CN1. The van der Waals surface area contributed by atoms with E-state index >= 15 is 0 Å². The summed E-state index contributed by atoms with van der Waals surface area (Å²) in [6, 6.07) is 4.76. The fourth-order valence-electron chi connectivity index (χ4n) is 1.66. The Morgan fingerprint density at radius 3 is 3.00 bits per heavy atom. The molecule has 2 N–H and O–H groups in total. The largest absolute Gasteiger partial charge is 0.354 e. The highest BCUT2D eigenvalue weighted by Crippen LogP contribution is 2.16. The number of nitrogens with one attached hydrogen (secondary N) is 2. The fourth-order valence-corrected chi connectivity index (χ4v) is 1.86. The van der Waals surface area contributed by atoms with Crippen LogP contribution in [0.15, 0.2) is 18.2 Å². The van der Waals surface area contributed by atoms with Crippen molar-refractivity contribution >= 4 is 17.5 Å². The predicted molar refractivity (Wildman–Crippen MR) is 59.7 cm³/mol. The van der Waals surface area contributed by atoms with Crippen molar-refractivity contribution in [2.45, 2.75) is 19.0 Å². The molecule has 86 valence electrons. The Morgan fingerprint density at radius 1 is 1.56 bits per heavy atom. The number of halogens is 2. The highest BCUT2D eigenvalue weighted by atomic mass is 35.5. The molecule has 0 spiro atoms. The van der Waals surface area contributed by atoms with E-state index in [4.69, 9.17) is 11.6 Å². The second-order valence-electron chi connectivity index (χ2n) is 3.83. The summed E-state index contributed by atoms with van der Waals surface area (Å²) < 4.78 is 12.9. The summed E-state index contributed by atoms with van der Waals surface area (Å²) in [6.07, 6.45) is 0.495. The molecule has 1 amide bonds. The molecular weight excluding hydrogens is 231 g/mol. The minimum atomic E-state index is -0.414. The van der Waals surface area contributed by atoms with E-state index in [9.17, 15) is 9.18 Å². The van der Waals surface area contributed by atoms with Crippen LogP contribution in [-0.4, -0.2) is 18.5 Å². The molecular formula is C11H12ClFN2O. The standard InChI is InChI=1S/C11H12ClFN2O/c12-9-3-7(1-2-10(9)13)5-14-8-4-11(16)15-6-8/h1-3,8,14H,4-6H2,(H,15,16). The quantitative estimate of drug-likeness (QED) is 0.843. The number of hydrogen-bond acceptors (Lipinski definition) is 2. The third-order valence-corrected chi connectivity index (χ3v) is 2.85. The molecule has 1 aromatic rings. The summed E-state index contributed by atoms with van der Waals surface area (Å²) >= 11 is 5.66. The van der Waals surface area contributed by atoms with Crippen LogP contribution in [-0.2, 0) is 11.3 Å². The van der Waals surface area contributed by atoms with Gasteiger partial charge in [-0.15, -0.1) is 0 Å². The third-order valence-electron chi connectivity index (χ3n) is 2.56. The second kappa shape index (κ2) is 4.80. The maximum atomic E-state index is 12.9. The molecule has 0 saturated carbocycles. The van der Waals surface area contributed by atoms with Crippen LogP contribution in [0.4, 0.5) is 4.39 Å². The van der Waals surface area contributed by atoms with Crippen molar-refractivity contribution in [3.63, 3.8) is 0 Å². The van der Waals surface area contributed by atoms with E-state index < -0.39 is 5.82 Å². The fraction of sp³-hybridized carbons (Fsp3) is 0.364. The molecule has 1 aromatic carbocycles. The molecule has 1 fully saturated rings. The van der Waals surface area contributed by atoms with Crippen molar-refractivity contribution < 1.29 is 9.18 Å². The van der Waals surface area contributed by atoms with Crippen molar-refractivity contribution in [1.82, 2.24) is 10.6 Å². The van der Waals surface area contributed by atoms with E-state index in [1.54, 1.807) is 12.1 Å². The van der Waals surface area contributed by atoms with Crippen LogP contribution in [0.3, 0.4) is 0 Å². The number of amides is 1. The van der Waals surface area contributed by atoms with Gasteiger partial charge in [0.15, 0.2) is 0 Å². The molecule has 1 saturated heterocycles. The lowest BCUT2D eigenvalue weighted by Crippen LogP contribution is -2.30. The average Bonchev–Trinajstić information content (AvgIpc) is 2.66. The topological polar surface area (TPSA) is 41.1 Å². The molecule has 5 heteroatoms. The van der Waals surface area contributed by atoms with Crippen molar-refractivity contribution in [3.8, 4) is 0 Å². The monoisotopic (exact) mass is 242 g/mol. The van der Waals surface area contributed by atoms with Crippen LogP contribution in [0.2, 0.25) is 5.02 Å². The molecule has 0 aliphatic carbocycles.